The minimum atomic E-state index is -0.614. The molecule has 0 saturated carbocycles. The zero-order chi connectivity index (χ0) is 27.2. The third-order valence-electron chi connectivity index (χ3n) is 6.05. The Labute approximate surface area is 221 Å². The lowest BCUT2D eigenvalue weighted by Crippen LogP contribution is -2.38. The molecule has 3 rings (SSSR count). The van der Waals surface area contributed by atoms with E-state index in [-0.39, 0.29) is 42.9 Å². The highest BCUT2D eigenvalue weighted by Crippen LogP contribution is 2.31. The summed E-state index contributed by atoms with van der Waals surface area (Å²) in [6.45, 7) is 6.36. The average Bonchev–Trinajstić information content (AvgIpc) is 3.36. The number of carbonyl (C=O) groups is 4. The number of rotatable bonds is 9. The second-order valence-corrected chi connectivity index (χ2v) is 11.0. The van der Waals surface area contributed by atoms with Crippen molar-refractivity contribution in [2.24, 2.45) is 0 Å². The van der Waals surface area contributed by atoms with Crippen LogP contribution in [0.25, 0.3) is 0 Å². The monoisotopic (exact) mass is 529 g/mol. The molecule has 200 valence electrons. The van der Waals surface area contributed by atoms with Crippen molar-refractivity contribution in [3.8, 4) is 5.75 Å². The summed E-state index contributed by atoms with van der Waals surface area (Å²) >= 11 is 1.42. The number of likely N-dealkylation sites (tertiary alicyclic amines) is 1. The Balaban J connectivity index is 1.45. The van der Waals surface area contributed by atoms with Crippen molar-refractivity contribution in [1.82, 2.24) is 14.8 Å². The predicted molar refractivity (Wildman–Crippen MR) is 140 cm³/mol. The van der Waals surface area contributed by atoms with Crippen LogP contribution < -0.4 is 4.74 Å². The fraction of sp³-hybridized carbons (Fsp3) is 0.519. The topological polar surface area (TPSA) is 106 Å². The molecule has 1 saturated heterocycles. The number of methoxy groups -OCH3 is 1. The average molecular weight is 530 g/mol. The van der Waals surface area contributed by atoms with Crippen molar-refractivity contribution >= 4 is 34.9 Å². The second-order valence-electron chi connectivity index (χ2n) is 10.1. The number of ether oxygens (including phenoxy) is 2. The van der Waals surface area contributed by atoms with E-state index >= 15 is 0 Å². The molecule has 0 radical (unpaired) electrons. The van der Waals surface area contributed by atoms with Crippen LogP contribution in [-0.4, -0.2) is 77.7 Å². The summed E-state index contributed by atoms with van der Waals surface area (Å²) in [5, 5.41) is 2.57. The first kappa shape index (κ1) is 28.3. The number of carbonyl (C=O) groups excluding carboxylic acids is 4. The van der Waals surface area contributed by atoms with Crippen molar-refractivity contribution < 1.29 is 28.7 Å². The summed E-state index contributed by atoms with van der Waals surface area (Å²) in [4.78, 5) is 57.5. The smallest absolute Gasteiger partial charge is 0.326 e. The van der Waals surface area contributed by atoms with Gasteiger partial charge < -0.3 is 19.3 Å². The molecule has 9 nitrogen and oxygen atoms in total. The number of benzene rings is 1. The van der Waals surface area contributed by atoms with E-state index in [1.807, 2.05) is 0 Å². The molecule has 0 unspecified atom stereocenters. The maximum Gasteiger partial charge on any atom is 0.326 e. The summed E-state index contributed by atoms with van der Waals surface area (Å²) in [6.07, 6.45) is 1.83. The Hall–Kier alpha value is -3.27. The summed E-state index contributed by atoms with van der Waals surface area (Å²) < 4.78 is 10.4. The van der Waals surface area contributed by atoms with E-state index in [0.717, 1.165) is 17.8 Å². The number of hydrogen-bond acceptors (Lipinski definition) is 8. The molecular weight excluding hydrogens is 494 g/mol. The van der Waals surface area contributed by atoms with Gasteiger partial charge in [0, 0.05) is 49.8 Å². The molecule has 1 aromatic carbocycles. The van der Waals surface area contributed by atoms with E-state index in [4.69, 9.17) is 9.47 Å². The number of likely N-dealkylation sites (N-methyl/N-ethyl adjacent to an activating group) is 1. The van der Waals surface area contributed by atoms with Crippen LogP contribution in [0.1, 0.15) is 78.2 Å². The summed E-state index contributed by atoms with van der Waals surface area (Å²) in [5.74, 6) is -0.0571. The number of aromatic nitrogens is 1. The van der Waals surface area contributed by atoms with Gasteiger partial charge in [-0.25, -0.2) is 4.98 Å². The third-order valence-corrected chi connectivity index (χ3v) is 7.06. The van der Waals surface area contributed by atoms with E-state index in [0.29, 0.717) is 30.1 Å². The molecule has 1 aliphatic heterocycles. The summed E-state index contributed by atoms with van der Waals surface area (Å²) in [5.41, 5.74) is 0.261. The van der Waals surface area contributed by atoms with E-state index in [1.165, 1.54) is 16.2 Å². The predicted octanol–water partition coefficient (Wildman–Crippen LogP) is 3.93. The van der Waals surface area contributed by atoms with Crippen LogP contribution in [0, 0.1) is 0 Å². The number of ketones is 1. The largest absolute Gasteiger partial charge is 0.497 e. The van der Waals surface area contributed by atoms with Crippen LogP contribution in [0.3, 0.4) is 0 Å². The van der Waals surface area contributed by atoms with Crippen molar-refractivity contribution in [2.45, 2.75) is 58.0 Å². The standard InChI is InChI=1S/C27H35N3O6S/c1-27(2,3)36-24(33)16-29(4)26(34)21-17-37-25(28-21)19-12-14-30(15-13-19)23(32)11-10-22(31)18-6-8-20(35-5)9-7-18/h6-9,17,19H,10-16H2,1-5H3. The Kier molecular flexibility index (Phi) is 9.42. The first-order chi connectivity index (χ1) is 17.5. The lowest BCUT2D eigenvalue weighted by Gasteiger charge is -2.31. The summed E-state index contributed by atoms with van der Waals surface area (Å²) in [7, 11) is 3.12. The SMILES string of the molecule is COc1ccc(C(=O)CCC(=O)N2CCC(c3nc(C(=O)N(C)CC(=O)OC(C)(C)C)cs3)CC2)cc1. The molecular formula is C27H35N3O6S. The van der Waals surface area contributed by atoms with Crippen LogP contribution >= 0.6 is 11.3 Å². The van der Waals surface area contributed by atoms with Gasteiger partial charge in [0.2, 0.25) is 5.91 Å². The van der Waals surface area contributed by atoms with Crippen LogP contribution in [0.2, 0.25) is 0 Å². The molecule has 2 amide bonds. The van der Waals surface area contributed by atoms with E-state index in [2.05, 4.69) is 4.98 Å². The lowest BCUT2D eigenvalue weighted by atomic mass is 9.97. The Morgan fingerprint density at radius 2 is 1.73 bits per heavy atom. The van der Waals surface area contributed by atoms with Crippen molar-refractivity contribution in [2.75, 3.05) is 33.8 Å². The molecule has 0 N–H and O–H groups in total. The zero-order valence-electron chi connectivity index (χ0n) is 22.1. The fourth-order valence-corrected chi connectivity index (χ4v) is 5.05. The summed E-state index contributed by atoms with van der Waals surface area (Å²) in [6, 6.07) is 6.88. The molecule has 1 aromatic heterocycles. The maximum absolute atomic E-state index is 12.7. The Bertz CT molecular complexity index is 1110. The van der Waals surface area contributed by atoms with Crippen molar-refractivity contribution in [1.29, 1.82) is 0 Å². The highest BCUT2D eigenvalue weighted by molar-refractivity contribution is 7.09. The normalized spacial score (nSPS) is 14.2. The quantitative estimate of drug-likeness (QED) is 0.358. The van der Waals surface area contributed by atoms with Gasteiger partial charge in [0.15, 0.2) is 5.78 Å². The molecule has 0 atom stereocenters. The van der Waals surface area contributed by atoms with Crippen LogP contribution in [0.4, 0.5) is 0 Å². The van der Waals surface area contributed by atoms with E-state index < -0.39 is 11.6 Å². The number of piperidine rings is 1. The first-order valence-electron chi connectivity index (χ1n) is 12.3. The number of thiazole rings is 1. The fourth-order valence-electron chi connectivity index (χ4n) is 4.08. The van der Waals surface area contributed by atoms with Gasteiger partial charge in [-0.2, -0.15) is 0 Å². The molecule has 1 fully saturated rings. The zero-order valence-corrected chi connectivity index (χ0v) is 22.9. The highest BCUT2D eigenvalue weighted by Gasteiger charge is 2.28. The minimum absolute atomic E-state index is 0.0286. The van der Waals surface area contributed by atoms with Crippen LogP contribution in [0.15, 0.2) is 29.6 Å². The maximum atomic E-state index is 12.7. The van der Waals surface area contributed by atoms with Gasteiger partial charge >= 0.3 is 5.97 Å². The molecule has 0 bridgehead atoms. The van der Waals surface area contributed by atoms with E-state index in [9.17, 15) is 19.2 Å². The van der Waals surface area contributed by atoms with Gasteiger partial charge in [-0.1, -0.05) is 0 Å². The number of hydrogen-bond donors (Lipinski definition) is 0. The molecule has 0 aliphatic carbocycles. The van der Waals surface area contributed by atoms with Crippen LogP contribution in [-0.2, 0) is 14.3 Å². The number of nitrogens with zero attached hydrogens (tertiary/aromatic N) is 3. The molecule has 0 spiro atoms. The number of esters is 1. The van der Waals surface area contributed by atoms with Gasteiger partial charge in [0.25, 0.3) is 5.91 Å². The lowest BCUT2D eigenvalue weighted by molar-refractivity contribution is -0.155. The van der Waals surface area contributed by atoms with Gasteiger partial charge in [0.05, 0.1) is 12.1 Å². The van der Waals surface area contributed by atoms with Gasteiger partial charge in [-0.3, -0.25) is 19.2 Å². The molecule has 10 heteroatoms. The molecule has 1 aliphatic rings. The van der Waals surface area contributed by atoms with Gasteiger partial charge in [-0.15, -0.1) is 11.3 Å². The Morgan fingerprint density at radius 3 is 2.32 bits per heavy atom. The van der Waals surface area contributed by atoms with Gasteiger partial charge in [-0.05, 0) is 57.9 Å². The molecule has 2 aromatic rings. The van der Waals surface area contributed by atoms with Crippen molar-refractivity contribution in [3.63, 3.8) is 0 Å². The number of Topliss-reactive ketones (excluding diaryl/α,β-unsaturated/α-hetero) is 1. The first-order valence-corrected chi connectivity index (χ1v) is 13.2. The van der Waals surface area contributed by atoms with Crippen molar-refractivity contribution in [3.05, 3.63) is 45.9 Å². The van der Waals surface area contributed by atoms with Gasteiger partial charge in [0.1, 0.15) is 23.6 Å². The minimum Gasteiger partial charge on any atom is -0.497 e. The third kappa shape index (κ3) is 8.11. The second kappa shape index (κ2) is 12.3. The molecule has 37 heavy (non-hydrogen) atoms. The van der Waals surface area contributed by atoms with E-state index in [1.54, 1.807) is 69.5 Å². The Morgan fingerprint density at radius 1 is 1.08 bits per heavy atom. The number of amides is 2. The highest BCUT2D eigenvalue weighted by atomic mass is 32.1. The van der Waals surface area contributed by atoms with Crippen LogP contribution in [0.5, 0.6) is 5.75 Å². The molecule has 2 heterocycles.